The van der Waals surface area contributed by atoms with E-state index in [1.54, 1.807) is 0 Å². The quantitative estimate of drug-likeness (QED) is 0.477. The summed E-state index contributed by atoms with van der Waals surface area (Å²) in [5, 5.41) is 0. The van der Waals surface area contributed by atoms with Crippen LogP contribution in [0.15, 0.2) is 0 Å². The molecule has 0 aromatic heterocycles. The number of hydrogen-bond acceptors (Lipinski definition) is 2. The van der Waals surface area contributed by atoms with Crippen LogP contribution in [0.3, 0.4) is 0 Å². The third-order valence-corrected chi connectivity index (χ3v) is 5.78. The molecule has 2 saturated carbocycles. The van der Waals surface area contributed by atoms with Crippen molar-refractivity contribution in [2.24, 2.45) is 29.6 Å². The predicted octanol–water partition coefficient (Wildman–Crippen LogP) is 3.40. The number of hydrogen-bond donors (Lipinski definition) is 0. The molecule has 2 heteroatoms. The van der Waals surface area contributed by atoms with Gasteiger partial charge >= 0.3 is 5.97 Å². The molecule has 1 unspecified atom stereocenters. The van der Waals surface area contributed by atoms with Gasteiger partial charge < -0.3 is 4.74 Å². The van der Waals surface area contributed by atoms with Crippen LogP contribution in [0.5, 0.6) is 0 Å². The van der Waals surface area contributed by atoms with Gasteiger partial charge in [-0.3, -0.25) is 4.79 Å². The summed E-state index contributed by atoms with van der Waals surface area (Å²) in [7, 11) is 0. The van der Waals surface area contributed by atoms with Crippen LogP contribution in [-0.2, 0) is 9.53 Å². The summed E-state index contributed by atoms with van der Waals surface area (Å²) in [6.45, 7) is 6.75. The Bertz CT molecular complexity index is 338. The Morgan fingerprint density at radius 3 is 2.53 bits per heavy atom. The minimum atomic E-state index is -0.0775. The number of carbonyl (C=O) groups is 1. The van der Waals surface area contributed by atoms with Gasteiger partial charge in [-0.05, 0) is 37.5 Å². The minimum absolute atomic E-state index is 0.0724. The van der Waals surface area contributed by atoms with Crippen LogP contribution in [0.1, 0.15) is 52.9 Å². The molecule has 0 aromatic carbocycles. The van der Waals surface area contributed by atoms with Gasteiger partial charge in [0.15, 0.2) is 0 Å². The number of rotatable bonds is 0. The molecular formula is C15H24O2. The number of ether oxygens (including phenoxy) is 1. The third-order valence-electron chi connectivity index (χ3n) is 5.78. The van der Waals surface area contributed by atoms with E-state index >= 15 is 0 Å². The minimum Gasteiger partial charge on any atom is -0.458 e. The maximum atomic E-state index is 12.0. The fourth-order valence-electron chi connectivity index (χ4n) is 4.90. The van der Waals surface area contributed by atoms with Crippen molar-refractivity contribution in [3.8, 4) is 0 Å². The first-order chi connectivity index (χ1) is 8.04. The highest BCUT2D eigenvalue weighted by Gasteiger charge is 2.61. The van der Waals surface area contributed by atoms with Crippen molar-refractivity contribution in [1.29, 1.82) is 0 Å². The second kappa shape index (κ2) is 3.73. The molecule has 0 radical (unpaired) electrons. The third kappa shape index (κ3) is 1.49. The van der Waals surface area contributed by atoms with Gasteiger partial charge in [0.1, 0.15) is 5.60 Å². The summed E-state index contributed by atoms with van der Waals surface area (Å²) < 4.78 is 5.97. The van der Waals surface area contributed by atoms with Crippen LogP contribution in [-0.4, -0.2) is 11.6 Å². The molecule has 3 fully saturated rings. The van der Waals surface area contributed by atoms with Crippen LogP contribution in [0.4, 0.5) is 0 Å². The molecule has 0 aromatic rings. The first-order valence-corrected chi connectivity index (χ1v) is 7.27. The summed E-state index contributed by atoms with van der Waals surface area (Å²) in [4.78, 5) is 12.0. The SMILES string of the molecule is C[C@@H]1CC[C@H]2[C@@H](C)C(=O)O[C@]23CC([13CH3])CC[C@@H]13. The maximum absolute atomic E-state index is 12.0. The van der Waals surface area contributed by atoms with E-state index < -0.39 is 0 Å². The normalized spacial score (nSPS) is 53.8. The van der Waals surface area contributed by atoms with Gasteiger partial charge in [0.2, 0.25) is 0 Å². The summed E-state index contributed by atoms with van der Waals surface area (Å²) in [6, 6.07) is 0. The highest BCUT2D eigenvalue weighted by atomic mass is 16.6. The molecule has 1 aliphatic heterocycles. The van der Waals surface area contributed by atoms with Crippen molar-refractivity contribution in [2.45, 2.75) is 58.5 Å². The highest BCUT2D eigenvalue weighted by Crippen LogP contribution is 2.58. The van der Waals surface area contributed by atoms with Gasteiger partial charge in [0.25, 0.3) is 0 Å². The van der Waals surface area contributed by atoms with Gasteiger partial charge in [-0.1, -0.05) is 27.2 Å². The lowest BCUT2D eigenvalue weighted by atomic mass is 9.56. The lowest BCUT2D eigenvalue weighted by Crippen LogP contribution is -2.53. The monoisotopic (exact) mass is 237 g/mol. The van der Waals surface area contributed by atoms with Gasteiger partial charge in [-0.2, -0.15) is 0 Å². The summed E-state index contributed by atoms with van der Waals surface area (Å²) in [5.41, 5.74) is -0.0775. The first-order valence-electron chi connectivity index (χ1n) is 7.27. The molecule has 1 heterocycles. The molecule has 17 heavy (non-hydrogen) atoms. The molecule has 2 nitrogen and oxygen atoms in total. The fourth-order valence-corrected chi connectivity index (χ4v) is 4.90. The van der Waals surface area contributed by atoms with E-state index in [2.05, 4.69) is 20.8 Å². The van der Waals surface area contributed by atoms with Crippen molar-refractivity contribution in [3.05, 3.63) is 0 Å². The van der Waals surface area contributed by atoms with Crippen molar-refractivity contribution in [3.63, 3.8) is 0 Å². The van der Waals surface area contributed by atoms with Gasteiger partial charge in [0, 0.05) is 11.8 Å². The van der Waals surface area contributed by atoms with Crippen molar-refractivity contribution in [1.82, 2.24) is 0 Å². The molecule has 6 atom stereocenters. The van der Waals surface area contributed by atoms with E-state index in [0.717, 1.165) is 18.3 Å². The fraction of sp³-hybridized carbons (Fsp3) is 0.933. The lowest BCUT2D eigenvalue weighted by Gasteiger charge is -2.52. The maximum Gasteiger partial charge on any atom is 0.309 e. The molecule has 1 spiro atoms. The van der Waals surface area contributed by atoms with Crippen LogP contribution < -0.4 is 0 Å². The largest absolute Gasteiger partial charge is 0.458 e. The van der Waals surface area contributed by atoms with Crippen molar-refractivity contribution in [2.75, 3.05) is 0 Å². The van der Waals surface area contributed by atoms with E-state index in [-0.39, 0.29) is 17.5 Å². The first kappa shape index (κ1) is 11.6. The standard InChI is InChI=1S/C15H24O2/c1-9-4-6-12-10(2)5-7-13-11(3)14(16)17-15(12,13)8-9/h9-13H,4-8H2,1-3H3/t9?,10-,11-,12+,13+,15+/m1/s1/i1+1. The Hall–Kier alpha value is -0.530. The van der Waals surface area contributed by atoms with Crippen LogP contribution in [0, 0.1) is 29.6 Å². The molecule has 0 amide bonds. The average Bonchev–Trinajstić information content (AvgIpc) is 2.50. The number of carbonyl (C=O) groups excluding carboxylic acids is 1. The lowest BCUT2D eigenvalue weighted by molar-refractivity contribution is -0.171. The zero-order chi connectivity index (χ0) is 12.2. The van der Waals surface area contributed by atoms with E-state index in [1.165, 1.54) is 25.7 Å². The average molecular weight is 237 g/mol. The molecule has 96 valence electrons. The van der Waals surface area contributed by atoms with Gasteiger partial charge in [0.05, 0.1) is 5.92 Å². The van der Waals surface area contributed by atoms with E-state index in [0.29, 0.717) is 11.8 Å². The van der Waals surface area contributed by atoms with Crippen molar-refractivity contribution < 1.29 is 9.53 Å². The second-order valence-electron chi connectivity index (χ2n) is 6.82. The number of esters is 1. The molecule has 0 N–H and O–H groups in total. The molecule has 0 bridgehead atoms. The molecular weight excluding hydrogens is 213 g/mol. The van der Waals surface area contributed by atoms with E-state index in [9.17, 15) is 4.79 Å². The second-order valence-corrected chi connectivity index (χ2v) is 6.82. The Labute approximate surface area is 104 Å². The highest BCUT2D eigenvalue weighted by molar-refractivity contribution is 5.75. The predicted molar refractivity (Wildman–Crippen MR) is 66.4 cm³/mol. The van der Waals surface area contributed by atoms with Crippen LogP contribution in [0.2, 0.25) is 0 Å². The zero-order valence-corrected chi connectivity index (χ0v) is 11.2. The molecule has 2 aliphatic carbocycles. The summed E-state index contributed by atoms with van der Waals surface area (Å²) >= 11 is 0. The zero-order valence-electron chi connectivity index (χ0n) is 11.2. The Balaban J connectivity index is 1.99. The van der Waals surface area contributed by atoms with Crippen LogP contribution >= 0.6 is 0 Å². The van der Waals surface area contributed by atoms with Gasteiger partial charge in [-0.15, -0.1) is 0 Å². The summed E-state index contributed by atoms with van der Waals surface area (Å²) in [5.74, 6) is 2.79. The molecule has 1 saturated heterocycles. The van der Waals surface area contributed by atoms with Crippen LogP contribution in [0.25, 0.3) is 0 Å². The van der Waals surface area contributed by atoms with E-state index in [4.69, 9.17) is 4.74 Å². The topological polar surface area (TPSA) is 26.3 Å². The Morgan fingerprint density at radius 1 is 1.06 bits per heavy atom. The molecule has 3 aliphatic rings. The van der Waals surface area contributed by atoms with Gasteiger partial charge in [-0.25, -0.2) is 0 Å². The smallest absolute Gasteiger partial charge is 0.309 e. The Kier molecular flexibility index (Phi) is 2.53. The van der Waals surface area contributed by atoms with Crippen molar-refractivity contribution >= 4 is 5.97 Å². The summed E-state index contributed by atoms with van der Waals surface area (Å²) in [6.07, 6.45) is 6.17. The van der Waals surface area contributed by atoms with E-state index in [1.807, 2.05) is 0 Å². The molecule has 3 rings (SSSR count). The Morgan fingerprint density at radius 2 is 1.76 bits per heavy atom.